The van der Waals surface area contributed by atoms with Crippen LogP contribution in [0.2, 0.25) is 0 Å². The largest absolute Gasteiger partial charge is 0.478 e. The molecule has 1 aromatic rings. The van der Waals surface area contributed by atoms with Gasteiger partial charge in [-0.05, 0) is 12.3 Å². The third-order valence-electron chi connectivity index (χ3n) is 2.43. The predicted molar refractivity (Wildman–Crippen MR) is 67.2 cm³/mol. The van der Waals surface area contributed by atoms with Crippen LogP contribution in [0.3, 0.4) is 0 Å². The number of rotatable bonds is 7. The first-order chi connectivity index (χ1) is 8.17. The van der Waals surface area contributed by atoms with Gasteiger partial charge in [0, 0.05) is 6.07 Å². The minimum Gasteiger partial charge on any atom is -0.478 e. The van der Waals surface area contributed by atoms with Crippen molar-refractivity contribution in [3.05, 3.63) is 12.4 Å². The SMILES string of the molecule is CCCOc1cc(N[C@H](CO)C(C)C)ncn1. The van der Waals surface area contributed by atoms with Crippen LogP contribution >= 0.6 is 0 Å². The van der Waals surface area contributed by atoms with E-state index in [0.717, 1.165) is 6.42 Å². The third kappa shape index (κ3) is 4.56. The Morgan fingerprint density at radius 1 is 1.41 bits per heavy atom. The summed E-state index contributed by atoms with van der Waals surface area (Å²) in [5.74, 6) is 1.57. The number of aromatic nitrogens is 2. The summed E-state index contributed by atoms with van der Waals surface area (Å²) >= 11 is 0. The molecule has 5 heteroatoms. The van der Waals surface area contributed by atoms with Gasteiger partial charge in [-0.3, -0.25) is 0 Å². The van der Waals surface area contributed by atoms with Gasteiger partial charge in [-0.15, -0.1) is 0 Å². The minimum absolute atomic E-state index is 0.0103. The Kier molecular flexibility index (Phi) is 5.69. The fourth-order valence-corrected chi connectivity index (χ4v) is 1.32. The number of nitrogens with zero attached hydrogens (tertiary/aromatic N) is 2. The summed E-state index contributed by atoms with van der Waals surface area (Å²) in [4.78, 5) is 8.12. The standard InChI is InChI=1S/C12H21N3O2/c1-4-5-17-12-6-11(13-8-14-12)15-10(7-16)9(2)3/h6,8-10,16H,4-5,7H2,1-3H3,(H,13,14,15)/t10-/m1/s1. The average molecular weight is 239 g/mol. The monoisotopic (exact) mass is 239 g/mol. The first kappa shape index (κ1) is 13.7. The number of nitrogens with one attached hydrogen (secondary N) is 1. The van der Waals surface area contributed by atoms with Crippen molar-refractivity contribution in [3.8, 4) is 5.88 Å². The molecule has 0 aliphatic carbocycles. The molecule has 0 saturated carbocycles. The van der Waals surface area contributed by atoms with Gasteiger partial charge in [0.1, 0.15) is 12.1 Å². The Hall–Kier alpha value is -1.36. The van der Waals surface area contributed by atoms with Crippen molar-refractivity contribution in [2.24, 2.45) is 5.92 Å². The summed E-state index contributed by atoms with van der Waals surface area (Å²) in [5.41, 5.74) is 0. The summed E-state index contributed by atoms with van der Waals surface area (Å²) < 4.78 is 5.42. The van der Waals surface area contributed by atoms with Crippen molar-refractivity contribution in [1.82, 2.24) is 9.97 Å². The van der Waals surface area contributed by atoms with Crippen LogP contribution in [-0.2, 0) is 0 Å². The van der Waals surface area contributed by atoms with Crippen LogP contribution in [0.15, 0.2) is 12.4 Å². The lowest BCUT2D eigenvalue weighted by molar-refractivity contribution is 0.249. The Morgan fingerprint density at radius 3 is 2.76 bits per heavy atom. The van der Waals surface area contributed by atoms with Crippen molar-refractivity contribution in [3.63, 3.8) is 0 Å². The summed E-state index contributed by atoms with van der Waals surface area (Å²) in [7, 11) is 0. The second kappa shape index (κ2) is 7.06. The molecule has 0 aliphatic heterocycles. The number of hydrogen-bond donors (Lipinski definition) is 2. The molecular weight excluding hydrogens is 218 g/mol. The van der Waals surface area contributed by atoms with Crippen molar-refractivity contribution < 1.29 is 9.84 Å². The lowest BCUT2D eigenvalue weighted by Crippen LogP contribution is -2.29. The van der Waals surface area contributed by atoms with E-state index in [1.165, 1.54) is 6.33 Å². The molecule has 2 N–H and O–H groups in total. The molecule has 0 aromatic carbocycles. The molecule has 0 fully saturated rings. The number of aliphatic hydroxyl groups excluding tert-OH is 1. The van der Waals surface area contributed by atoms with Gasteiger partial charge in [0.05, 0.1) is 19.3 Å². The van der Waals surface area contributed by atoms with Crippen LogP contribution in [0.4, 0.5) is 5.82 Å². The maximum atomic E-state index is 9.23. The zero-order chi connectivity index (χ0) is 12.7. The maximum Gasteiger partial charge on any atom is 0.218 e. The molecule has 1 atom stereocenters. The van der Waals surface area contributed by atoms with Crippen molar-refractivity contribution >= 4 is 5.82 Å². The van der Waals surface area contributed by atoms with E-state index in [-0.39, 0.29) is 12.6 Å². The fraction of sp³-hybridized carbons (Fsp3) is 0.667. The first-order valence-corrected chi connectivity index (χ1v) is 5.99. The Morgan fingerprint density at radius 2 is 2.18 bits per heavy atom. The second-order valence-electron chi connectivity index (χ2n) is 4.27. The van der Waals surface area contributed by atoms with E-state index in [4.69, 9.17) is 4.74 Å². The highest BCUT2D eigenvalue weighted by Gasteiger charge is 2.12. The van der Waals surface area contributed by atoms with Crippen LogP contribution in [0.25, 0.3) is 0 Å². The molecular formula is C12H21N3O2. The zero-order valence-electron chi connectivity index (χ0n) is 10.7. The first-order valence-electron chi connectivity index (χ1n) is 5.99. The van der Waals surface area contributed by atoms with E-state index in [1.54, 1.807) is 6.07 Å². The zero-order valence-corrected chi connectivity index (χ0v) is 10.7. The molecule has 0 amide bonds. The van der Waals surface area contributed by atoms with Gasteiger partial charge in [-0.25, -0.2) is 9.97 Å². The van der Waals surface area contributed by atoms with E-state index in [0.29, 0.717) is 24.2 Å². The van der Waals surface area contributed by atoms with Crippen molar-refractivity contribution in [1.29, 1.82) is 0 Å². The molecule has 0 saturated heterocycles. The quantitative estimate of drug-likeness (QED) is 0.758. The van der Waals surface area contributed by atoms with Gasteiger partial charge in [-0.1, -0.05) is 20.8 Å². The van der Waals surface area contributed by atoms with Crippen LogP contribution < -0.4 is 10.1 Å². The molecule has 0 unspecified atom stereocenters. The molecule has 1 rings (SSSR count). The van der Waals surface area contributed by atoms with Crippen molar-refractivity contribution in [2.75, 3.05) is 18.5 Å². The summed E-state index contributed by atoms with van der Waals surface area (Å²) in [5, 5.41) is 12.4. The van der Waals surface area contributed by atoms with Gasteiger partial charge < -0.3 is 15.2 Å². The van der Waals surface area contributed by atoms with Gasteiger partial charge in [0.15, 0.2) is 0 Å². The molecule has 1 heterocycles. The topological polar surface area (TPSA) is 67.3 Å². The van der Waals surface area contributed by atoms with Crippen LogP contribution in [0, 0.1) is 5.92 Å². The molecule has 1 aromatic heterocycles. The molecule has 0 bridgehead atoms. The lowest BCUT2D eigenvalue weighted by Gasteiger charge is -2.20. The van der Waals surface area contributed by atoms with E-state index < -0.39 is 0 Å². The van der Waals surface area contributed by atoms with Gasteiger partial charge in [-0.2, -0.15) is 0 Å². The van der Waals surface area contributed by atoms with Crippen LogP contribution in [-0.4, -0.2) is 34.3 Å². The molecule has 0 aliphatic rings. The summed E-state index contributed by atoms with van der Waals surface area (Å²) in [6, 6.07) is 1.74. The molecule has 96 valence electrons. The normalized spacial score (nSPS) is 12.5. The number of hydrogen-bond acceptors (Lipinski definition) is 5. The van der Waals surface area contributed by atoms with E-state index in [2.05, 4.69) is 15.3 Å². The predicted octanol–water partition coefficient (Wildman–Crippen LogP) is 1.69. The van der Waals surface area contributed by atoms with Gasteiger partial charge in [0.25, 0.3) is 0 Å². The maximum absolute atomic E-state index is 9.23. The van der Waals surface area contributed by atoms with Crippen LogP contribution in [0.5, 0.6) is 5.88 Å². The molecule has 0 radical (unpaired) electrons. The smallest absolute Gasteiger partial charge is 0.218 e. The summed E-state index contributed by atoms with van der Waals surface area (Å²) in [6.07, 6.45) is 2.40. The highest BCUT2D eigenvalue weighted by atomic mass is 16.5. The number of ether oxygens (including phenoxy) is 1. The molecule has 5 nitrogen and oxygen atoms in total. The summed E-state index contributed by atoms with van der Waals surface area (Å²) in [6.45, 7) is 6.85. The van der Waals surface area contributed by atoms with Crippen molar-refractivity contribution in [2.45, 2.75) is 33.2 Å². The fourth-order valence-electron chi connectivity index (χ4n) is 1.32. The van der Waals surface area contributed by atoms with Gasteiger partial charge in [0.2, 0.25) is 5.88 Å². The highest BCUT2D eigenvalue weighted by molar-refractivity contribution is 5.38. The number of anilines is 1. The third-order valence-corrected chi connectivity index (χ3v) is 2.43. The van der Waals surface area contributed by atoms with E-state index >= 15 is 0 Å². The molecule has 17 heavy (non-hydrogen) atoms. The van der Waals surface area contributed by atoms with E-state index in [9.17, 15) is 5.11 Å². The Bertz CT molecular complexity index is 331. The lowest BCUT2D eigenvalue weighted by atomic mass is 10.1. The van der Waals surface area contributed by atoms with Gasteiger partial charge >= 0.3 is 0 Å². The minimum atomic E-state index is -0.0103. The Balaban J connectivity index is 2.64. The Labute approximate surface area is 102 Å². The average Bonchev–Trinajstić information content (AvgIpc) is 2.33. The highest BCUT2D eigenvalue weighted by Crippen LogP contribution is 2.14. The van der Waals surface area contributed by atoms with E-state index in [1.807, 2.05) is 20.8 Å². The number of aliphatic hydroxyl groups is 1. The van der Waals surface area contributed by atoms with Crippen LogP contribution in [0.1, 0.15) is 27.2 Å². The molecule has 0 spiro atoms. The second-order valence-corrected chi connectivity index (χ2v) is 4.27.